The molecule has 0 spiro atoms. The lowest BCUT2D eigenvalue weighted by Gasteiger charge is -2.27. The second kappa shape index (κ2) is 36.2. The molecule has 0 fully saturated rings. The zero-order valence-electron chi connectivity index (χ0n) is 43.4. The van der Waals surface area contributed by atoms with E-state index in [-0.39, 0.29) is 19.1 Å². The Kier molecular flexibility index (Phi) is 32.6. The molecule has 0 saturated carbocycles. The van der Waals surface area contributed by atoms with E-state index in [0.717, 1.165) is 36.4 Å². The molecule has 2 aromatic carbocycles. The molecule has 1 unspecified atom stereocenters. The zero-order chi connectivity index (χ0) is 51.5. The van der Waals surface area contributed by atoms with Gasteiger partial charge in [-0.3, -0.25) is 4.79 Å². The summed E-state index contributed by atoms with van der Waals surface area (Å²) in [6.07, 6.45) is 1.18. The first-order chi connectivity index (χ1) is 32.9. The van der Waals surface area contributed by atoms with E-state index in [1.807, 2.05) is 52.8 Å². The van der Waals surface area contributed by atoms with E-state index in [1.54, 1.807) is 59.1 Å². The van der Waals surface area contributed by atoms with Crippen LogP contribution in [0.2, 0.25) is 0 Å². The van der Waals surface area contributed by atoms with Gasteiger partial charge in [0.25, 0.3) is 0 Å². The average molecular weight is 983 g/mol. The average Bonchev–Trinajstić information content (AvgIpc) is 3.29. The smallest absolute Gasteiger partial charge is 0.407 e. The lowest BCUT2D eigenvalue weighted by atomic mass is 10.1. The maximum atomic E-state index is 13.3. The predicted molar refractivity (Wildman–Crippen MR) is 265 cm³/mol. The highest BCUT2D eigenvalue weighted by molar-refractivity contribution is 5.81. The minimum absolute atomic E-state index is 0.192. The van der Waals surface area contributed by atoms with Crippen LogP contribution in [0.5, 0.6) is 28.7 Å². The zero-order valence-corrected chi connectivity index (χ0v) is 43.4. The fourth-order valence-corrected chi connectivity index (χ4v) is 6.08. The minimum atomic E-state index is -0.660. The Balaban J connectivity index is 0.000000726. The summed E-state index contributed by atoms with van der Waals surface area (Å²) in [4.78, 5) is 38.1. The predicted octanol–water partition coefficient (Wildman–Crippen LogP) is 5.19. The molecule has 0 heterocycles. The first-order valence-corrected chi connectivity index (χ1v) is 23.8. The Morgan fingerprint density at radius 2 is 1.12 bits per heavy atom. The lowest BCUT2D eigenvalue weighted by molar-refractivity contribution is -0.134. The SMILES string of the molecule is CCOc1cc(OC)c(CN(CCOCCOCCNC(=O)OC(C)(C)C)C(=O)C(N)CCCCN)c(OC)c1.CCOc1ccc(CNCCOCCOCCNC(=O)OC(C)(C)C)c(OC)c1. The van der Waals surface area contributed by atoms with Crippen LogP contribution in [0.3, 0.4) is 0 Å². The highest BCUT2D eigenvalue weighted by Crippen LogP contribution is 2.35. The van der Waals surface area contributed by atoms with Crippen molar-refractivity contribution in [1.29, 1.82) is 0 Å². The van der Waals surface area contributed by atoms with Gasteiger partial charge in [-0.25, -0.2) is 9.59 Å². The van der Waals surface area contributed by atoms with E-state index in [1.165, 1.54) is 0 Å². The van der Waals surface area contributed by atoms with Crippen molar-refractivity contribution in [3.63, 3.8) is 0 Å². The van der Waals surface area contributed by atoms with Crippen LogP contribution in [0.1, 0.15) is 85.8 Å². The Morgan fingerprint density at radius 3 is 1.59 bits per heavy atom. The van der Waals surface area contributed by atoms with Gasteiger partial charge < -0.3 is 84.4 Å². The highest BCUT2D eigenvalue weighted by Gasteiger charge is 2.25. The van der Waals surface area contributed by atoms with Crippen molar-refractivity contribution in [2.45, 2.75) is 105 Å². The number of nitrogens with two attached hydrogens (primary N) is 2. The van der Waals surface area contributed by atoms with E-state index in [9.17, 15) is 14.4 Å². The summed E-state index contributed by atoms with van der Waals surface area (Å²) in [5.74, 6) is 3.12. The van der Waals surface area contributed by atoms with Crippen LogP contribution < -0.4 is 51.1 Å². The molecule has 0 saturated heterocycles. The quantitative estimate of drug-likeness (QED) is 0.0567. The van der Waals surface area contributed by atoms with E-state index in [0.29, 0.717) is 121 Å². The van der Waals surface area contributed by atoms with Gasteiger partial charge in [-0.2, -0.15) is 0 Å². The van der Waals surface area contributed by atoms with Crippen molar-refractivity contribution in [2.24, 2.45) is 11.5 Å². The maximum Gasteiger partial charge on any atom is 0.407 e. The summed E-state index contributed by atoms with van der Waals surface area (Å²) in [6, 6.07) is 8.72. The number of amides is 3. The van der Waals surface area contributed by atoms with Gasteiger partial charge in [-0.15, -0.1) is 0 Å². The summed E-state index contributed by atoms with van der Waals surface area (Å²) >= 11 is 0. The molecule has 2 aromatic rings. The van der Waals surface area contributed by atoms with Gasteiger partial charge in [-0.05, 0) is 80.8 Å². The third-order valence-electron chi connectivity index (χ3n) is 9.23. The van der Waals surface area contributed by atoms with E-state index < -0.39 is 29.4 Å². The third kappa shape index (κ3) is 29.7. The number of hydrogen-bond acceptors (Lipinski definition) is 17. The van der Waals surface area contributed by atoms with Crippen LogP contribution in [0.15, 0.2) is 30.3 Å². The molecule has 1 atom stereocenters. The van der Waals surface area contributed by atoms with Crippen molar-refractivity contribution in [3.8, 4) is 28.7 Å². The molecule has 0 aromatic heterocycles. The van der Waals surface area contributed by atoms with Gasteiger partial charge >= 0.3 is 12.2 Å². The molecule has 7 N–H and O–H groups in total. The Morgan fingerprint density at radius 1 is 0.638 bits per heavy atom. The molecule has 396 valence electrons. The van der Waals surface area contributed by atoms with Crippen molar-refractivity contribution in [3.05, 3.63) is 41.5 Å². The van der Waals surface area contributed by atoms with Crippen LogP contribution in [-0.4, -0.2) is 160 Å². The molecule has 3 amide bonds. The fourth-order valence-electron chi connectivity index (χ4n) is 6.08. The monoisotopic (exact) mass is 983 g/mol. The summed E-state index contributed by atoms with van der Waals surface area (Å²) in [7, 11) is 4.77. The van der Waals surface area contributed by atoms with E-state index in [2.05, 4.69) is 16.0 Å². The van der Waals surface area contributed by atoms with Crippen LogP contribution in [0, 0.1) is 0 Å². The lowest BCUT2D eigenvalue weighted by Crippen LogP contribution is -2.45. The Labute approximate surface area is 411 Å². The summed E-state index contributed by atoms with van der Waals surface area (Å²) in [5.41, 5.74) is 12.6. The van der Waals surface area contributed by atoms with Crippen molar-refractivity contribution in [1.82, 2.24) is 20.9 Å². The number of benzene rings is 2. The number of nitrogens with one attached hydrogen (secondary N) is 3. The number of hydrogen-bond donors (Lipinski definition) is 5. The number of unbranched alkanes of at least 4 members (excludes halogenated alkanes) is 1. The number of alkyl carbamates (subject to hydrolysis) is 2. The molecule has 20 nitrogen and oxygen atoms in total. The van der Waals surface area contributed by atoms with Crippen LogP contribution in [0.25, 0.3) is 0 Å². The van der Waals surface area contributed by atoms with E-state index >= 15 is 0 Å². The number of carbonyl (C=O) groups is 3. The summed E-state index contributed by atoms with van der Waals surface area (Å²) < 4.78 is 60.2. The normalized spacial score (nSPS) is 11.7. The van der Waals surface area contributed by atoms with Gasteiger partial charge in [0.2, 0.25) is 5.91 Å². The Bertz CT molecular complexity index is 1680. The molecule has 20 heteroatoms. The third-order valence-corrected chi connectivity index (χ3v) is 9.23. The van der Waals surface area contributed by atoms with Gasteiger partial charge in [-0.1, -0.05) is 12.5 Å². The van der Waals surface area contributed by atoms with Gasteiger partial charge in [0.15, 0.2) is 0 Å². The van der Waals surface area contributed by atoms with Gasteiger partial charge in [0.1, 0.15) is 39.9 Å². The fraction of sp³-hybridized carbons (Fsp3) is 0.694. The number of nitrogens with zero attached hydrogens (tertiary/aromatic N) is 1. The van der Waals surface area contributed by atoms with Crippen LogP contribution in [0.4, 0.5) is 9.59 Å². The van der Waals surface area contributed by atoms with Gasteiger partial charge in [0, 0.05) is 56.5 Å². The second-order valence-electron chi connectivity index (χ2n) is 17.3. The maximum absolute atomic E-state index is 13.3. The van der Waals surface area contributed by atoms with Crippen molar-refractivity contribution < 1.29 is 66.5 Å². The highest BCUT2D eigenvalue weighted by atomic mass is 16.6. The summed E-state index contributed by atoms with van der Waals surface area (Å²) in [5, 5.41) is 8.59. The number of rotatable bonds is 34. The number of methoxy groups -OCH3 is 3. The molecule has 0 bridgehead atoms. The molecule has 0 aliphatic heterocycles. The van der Waals surface area contributed by atoms with Crippen molar-refractivity contribution >= 4 is 18.1 Å². The van der Waals surface area contributed by atoms with Crippen LogP contribution >= 0.6 is 0 Å². The molecule has 69 heavy (non-hydrogen) atoms. The molecular formula is C49H86N6O14. The standard InChI is InChI=1S/C28H50N4O8.C21H36N2O6/c1-7-39-21-18-24(35-5)22(25(19-21)36-6)20-32(26(33)23(30)10-8-9-11-29)13-15-38-17-16-37-14-12-31-27(34)40-28(2,3)4;1-6-28-18-8-7-17(19(15-18)25-5)16-22-9-11-26-13-14-27-12-10-23-20(24)29-21(2,3)4/h18-19,23H,7-17,20,29-30H2,1-6H3,(H,31,34);7-8,15,22H,6,9-14,16H2,1-5H3,(H,23,24). The largest absolute Gasteiger partial charge is 0.496 e. The Hall–Kier alpha value is -4.83. The number of ether oxygens (including phenoxy) is 11. The van der Waals surface area contributed by atoms with Crippen molar-refractivity contribution in [2.75, 3.05) is 120 Å². The first kappa shape index (κ1) is 62.2. The molecule has 0 aliphatic rings. The number of carbonyl (C=O) groups excluding carboxylic acids is 3. The molecule has 0 radical (unpaired) electrons. The molecular weight excluding hydrogens is 897 g/mol. The second-order valence-corrected chi connectivity index (χ2v) is 17.3. The topological polar surface area (TPSA) is 244 Å². The van der Waals surface area contributed by atoms with Crippen LogP contribution in [-0.2, 0) is 46.3 Å². The van der Waals surface area contributed by atoms with E-state index in [4.69, 9.17) is 63.6 Å². The first-order valence-electron chi connectivity index (χ1n) is 23.8. The molecule has 0 aliphatic carbocycles. The van der Waals surface area contributed by atoms with Gasteiger partial charge in [0.05, 0.1) is 106 Å². The minimum Gasteiger partial charge on any atom is -0.496 e. The summed E-state index contributed by atoms with van der Waals surface area (Å²) in [6.45, 7) is 22.3. The molecule has 2 rings (SSSR count).